The first-order valence-electron chi connectivity index (χ1n) is 4.86. The highest BCUT2D eigenvalue weighted by Crippen LogP contribution is 2.38. The van der Waals surface area contributed by atoms with E-state index < -0.39 is 0 Å². The maximum Gasteiger partial charge on any atom is 0.133 e. The molecule has 15 heavy (non-hydrogen) atoms. The van der Waals surface area contributed by atoms with Crippen LogP contribution in [0, 0.1) is 6.92 Å². The van der Waals surface area contributed by atoms with E-state index in [2.05, 4.69) is 31.2 Å². The van der Waals surface area contributed by atoms with Gasteiger partial charge in [0.15, 0.2) is 0 Å². The number of aryl methyl sites for hydroxylation is 1. The predicted molar refractivity (Wildman–Crippen MR) is 65.7 cm³/mol. The Bertz CT molecular complexity index is 652. The van der Waals surface area contributed by atoms with E-state index in [0.717, 1.165) is 10.1 Å². The molecule has 1 N–H and O–H groups in total. The van der Waals surface area contributed by atoms with Gasteiger partial charge in [0, 0.05) is 15.5 Å². The summed E-state index contributed by atoms with van der Waals surface area (Å²) in [5, 5.41) is 12.1. The average molecular weight is 214 g/mol. The number of phenolic OH excluding ortho intramolecular Hbond substituents is 1. The van der Waals surface area contributed by atoms with E-state index in [1.54, 1.807) is 17.4 Å². The van der Waals surface area contributed by atoms with Crippen molar-refractivity contribution in [3.8, 4) is 5.75 Å². The van der Waals surface area contributed by atoms with Crippen molar-refractivity contribution >= 4 is 31.5 Å². The van der Waals surface area contributed by atoms with Crippen molar-refractivity contribution in [3.05, 3.63) is 42.0 Å². The van der Waals surface area contributed by atoms with Gasteiger partial charge in [-0.15, -0.1) is 11.3 Å². The van der Waals surface area contributed by atoms with Crippen molar-refractivity contribution < 1.29 is 5.11 Å². The van der Waals surface area contributed by atoms with Crippen molar-refractivity contribution in [3.63, 3.8) is 0 Å². The Morgan fingerprint density at radius 1 is 1.07 bits per heavy atom. The lowest BCUT2D eigenvalue weighted by atomic mass is 10.1. The van der Waals surface area contributed by atoms with Gasteiger partial charge in [-0.25, -0.2) is 0 Å². The van der Waals surface area contributed by atoms with Crippen LogP contribution in [-0.4, -0.2) is 5.11 Å². The SMILES string of the molecule is Cc1ccc2sc3c(O)cccc3c2c1. The van der Waals surface area contributed by atoms with Gasteiger partial charge in [-0.2, -0.15) is 0 Å². The normalized spacial score (nSPS) is 11.3. The number of thiophene rings is 1. The molecule has 0 atom stereocenters. The second kappa shape index (κ2) is 2.97. The Balaban J connectivity index is 2.58. The number of hydrogen-bond donors (Lipinski definition) is 1. The van der Waals surface area contributed by atoms with Crippen molar-refractivity contribution in [1.82, 2.24) is 0 Å². The fraction of sp³-hybridized carbons (Fsp3) is 0.0769. The number of fused-ring (bicyclic) bond motifs is 3. The van der Waals surface area contributed by atoms with Gasteiger partial charge >= 0.3 is 0 Å². The number of hydrogen-bond acceptors (Lipinski definition) is 2. The Labute approximate surface area is 91.6 Å². The van der Waals surface area contributed by atoms with Gasteiger partial charge in [-0.1, -0.05) is 23.8 Å². The van der Waals surface area contributed by atoms with Crippen LogP contribution in [0.25, 0.3) is 20.2 Å². The van der Waals surface area contributed by atoms with Crippen LogP contribution in [0.5, 0.6) is 5.75 Å². The average Bonchev–Trinajstić information content (AvgIpc) is 2.58. The highest BCUT2D eigenvalue weighted by molar-refractivity contribution is 7.26. The fourth-order valence-electron chi connectivity index (χ4n) is 1.90. The Morgan fingerprint density at radius 3 is 2.80 bits per heavy atom. The number of rotatable bonds is 0. The van der Waals surface area contributed by atoms with Crippen LogP contribution in [0.2, 0.25) is 0 Å². The zero-order chi connectivity index (χ0) is 10.4. The number of benzene rings is 2. The minimum Gasteiger partial charge on any atom is -0.506 e. The largest absolute Gasteiger partial charge is 0.506 e. The van der Waals surface area contributed by atoms with Crippen molar-refractivity contribution in [1.29, 1.82) is 0 Å². The molecule has 3 aromatic rings. The molecule has 2 aromatic carbocycles. The molecule has 0 saturated carbocycles. The molecule has 2 heteroatoms. The molecule has 0 fully saturated rings. The molecule has 1 heterocycles. The summed E-state index contributed by atoms with van der Waals surface area (Å²) in [5.74, 6) is 0.381. The van der Waals surface area contributed by atoms with E-state index in [-0.39, 0.29) is 0 Å². The third-order valence-electron chi connectivity index (χ3n) is 2.63. The first-order chi connectivity index (χ1) is 7.25. The van der Waals surface area contributed by atoms with Crippen LogP contribution in [0.4, 0.5) is 0 Å². The lowest BCUT2D eigenvalue weighted by Gasteiger charge is -1.94. The Morgan fingerprint density at radius 2 is 1.93 bits per heavy atom. The lowest BCUT2D eigenvalue weighted by Crippen LogP contribution is -1.70. The van der Waals surface area contributed by atoms with E-state index in [0.29, 0.717) is 5.75 Å². The monoisotopic (exact) mass is 214 g/mol. The first-order valence-corrected chi connectivity index (χ1v) is 5.68. The first kappa shape index (κ1) is 8.74. The summed E-state index contributed by atoms with van der Waals surface area (Å²) in [7, 11) is 0. The highest BCUT2D eigenvalue weighted by Gasteiger charge is 2.07. The third-order valence-corrected chi connectivity index (χ3v) is 3.84. The third kappa shape index (κ3) is 1.22. The standard InChI is InChI=1S/C13H10OS/c1-8-5-6-12-10(7-8)9-3-2-4-11(14)13(9)15-12/h2-7,14H,1H3. The van der Waals surface area contributed by atoms with E-state index in [1.807, 2.05) is 6.07 Å². The molecule has 0 aliphatic rings. The van der Waals surface area contributed by atoms with Gasteiger partial charge in [0.1, 0.15) is 5.75 Å². The Hall–Kier alpha value is -1.54. The van der Waals surface area contributed by atoms with Crippen LogP contribution < -0.4 is 0 Å². The van der Waals surface area contributed by atoms with Crippen molar-refractivity contribution in [2.24, 2.45) is 0 Å². The van der Waals surface area contributed by atoms with Gasteiger partial charge in [-0.05, 0) is 25.1 Å². The molecule has 0 saturated heterocycles. The molecule has 0 aliphatic heterocycles. The summed E-state index contributed by atoms with van der Waals surface area (Å²) in [4.78, 5) is 0. The Kier molecular flexibility index (Phi) is 1.73. The molecule has 0 radical (unpaired) electrons. The molecule has 0 bridgehead atoms. The van der Waals surface area contributed by atoms with E-state index >= 15 is 0 Å². The van der Waals surface area contributed by atoms with Crippen LogP contribution in [0.1, 0.15) is 5.56 Å². The summed E-state index contributed by atoms with van der Waals surface area (Å²) in [5.41, 5.74) is 1.26. The zero-order valence-electron chi connectivity index (χ0n) is 8.32. The summed E-state index contributed by atoms with van der Waals surface area (Å²) < 4.78 is 2.22. The van der Waals surface area contributed by atoms with Gasteiger partial charge in [0.05, 0.1) is 4.70 Å². The van der Waals surface area contributed by atoms with Gasteiger partial charge < -0.3 is 5.11 Å². The quantitative estimate of drug-likeness (QED) is 0.598. The molecular weight excluding hydrogens is 204 g/mol. The van der Waals surface area contributed by atoms with E-state index in [1.165, 1.54) is 15.6 Å². The molecule has 1 nitrogen and oxygen atoms in total. The second-order valence-corrected chi connectivity index (χ2v) is 4.81. The van der Waals surface area contributed by atoms with Crippen molar-refractivity contribution in [2.75, 3.05) is 0 Å². The van der Waals surface area contributed by atoms with E-state index in [9.17, 15) is 5.11 Å². The summed E-state index contributed by atoms with van der Waals surface area (Å²) in [6.45, 7) is 2.09. The second-order valence-electron chi connectivity index (χ2n) is 3.76. The fourth-order valence-corrected chi connectivity index (χ4v) is 2.99. The lowest BCUT2D eigenvalue weighted by molar-refractivity contribution is 0.482. The minimum atomic E-state index is 0.381. The summed E-state index contributed by atoms with van der Waals surface area (Å²) in [6.07, 6.45) is 0. The van der Waals surface area contributed by atoms with E-state index in [4.69, 9.17) is 0 Å². The molecule has 0 unspecified atom stereocenters. The smallest absolute Gasteiger partial charge is 0.133 e. The summed E-state index contributed by atoms with van der Waals surface area (Å²) >= 11 is 1.65. The molecule has 3 rings (SSSR count). The maximum absolute atomic E-state index is 9.75. The molecule has 74 valence electrons. The van der Waals surface area contributed by atoms with Crippen LogP contribution in [0.15, 0.2) is 36.4 Å². The molecule has 0 amide bonds. The molecule has 0 aliphatic carbocycles. The number of phenols is 1. The minimum absolute atomic E-state index is 0.381. The van der Waals surface area contributed by atoms with Crippen LogP contribution >= 0.6 is 11.3 Å². The van der Waals surface area contributed by atoms with Gasteiger partial charge in [0.2, 0.25) is 0 Å². The van der Waals surface area contributed by atoms with Gasteiger partial charge in [-0.3, -0.25) is 0 Å². The molecular formula is C13H10OS. The number of aromatic hydroxyl groups is 1. The molecule has 0 spiro atoms. The van der Waals surface area contributed by atoms with Gasteiger partial charge in [0.25, 0.3) is 0 Å². The predicted octanol–water partition coefficient (Wildman–Crippen LogP) is 4.07. The zero-order valence-corrected chi connectivity index (χ0v) is 9.14. The van der Waals surface area contributed by atoms with Crippen LogP contribution in [-0.2, 0) is 0 Å². The summed E-state index contributed by atoms with van der Waals surface area (Å²) in [6, 6.07) is 12.1. The maximum atomic E-state index is 9.75. The molecule has 1 aromatic heterocycles. The van der Waals surface area contributed by atoms with Crippen molar-refractivity contribution in [2.45, 2.75) is 6.92 Å². The van der Waals surface area contributed by atoms with Crippen LogP contribution in [0.3, 0.4) is 0 Å². The highest BCUT2D eigenvalue weighted by atomic mass is 32.1. The topological polar surface area (TPSA) is 20.2 Å².